The number of hydrogen-bond acceptors (Lipinski definition) is 8. The number of aldehydes is 1. The largest absolute Gasteiger partial charge is 0.465 e. The second-order valence-corrected chi connectivity index (χ2v) is 9.12. The maximum atomic E-state index is 13.4. The molecule has 8 nitrogen and oxygen atoms in total. The third-order valence-corrected chi connectivity index (χ3v) is 6.99. The number of anilines is 2. The topological polar surface area (TPSA) is 97.5 Å². The third kappa shape index (κ3) is 3.91. The Balaban J connectivity index is 1.27. The van der Waals surface area contributed by atoms with Crippen LogP contribution in [0.5, 0.6) is 5.75 Å². The number of hydrogen-bond donors (Lipinski definition) is 1. The van der Waals surface area contributed by atoms with E-state index in [0.29, 0.717) is 55.1 Å². The first-order valence-corrected chi connectivity index (χ1v) is 12.0. The van der Waals surface area contributed by atoms with Gasteiger partial charge in [-0.25, -0.2) is 14.4 Å². The fourth-order valence-corrected chi connectivity index (χ4v) is 5.06. The Labute approximate surface area is 207 Å². The number of carbonyl (C=O) groups is 1. The number of piperazine rings is 1. The molecule has 0 radical (unpaired) electrons. The van der Waals surface area contributed by atoms with Crippen LogP contribution in [0.2, 0.25) is 0 Å². The minimum absolute atomic E-state index is 0.174. The summed E-state index contributed by atoms with van der Waals surface area (Å²) < 4.78 is 19.7. The van der Waals surface area contributed by atoms with Crippen LogP contribution >= 0.6 is 0 Å². The van der Waals surface area contributed by atoms with Crippen LogP contribution in [0.4, 0.5) is 16.2 Å². The monoisotopic (exact) mass is 484 g/mol. The van der Waals surface area contributed by atoms with Crippen molar-refractivity contribution in [2.45, 2.75) is 18.6 Å². The van der Waals surface area contributed by atoms with Gasteiger partial charge in [-0.05, 0) is 54.4 Å². The summed E-state index contributed by atoms with van der Waals surface area (Å²) >= 11 is 0. The molecule has 0 saturated carbocycles. The molecule has 1 atom stereocenters. The number of nitrogens with zero attached hydrogens (tertiary/aromatic N) is 5. The molecule has 1 fully saturated rings. The van der Waals surface area contributed by atoms with E-state index in [1.807, 2.05) is 36.4 Å². The van der Waals surface area contributed by atoms with Crippen molar-refractivity contribution in [3.8, 4) is 17.0 Å². The zero-order valence-corrected chi connectivity index (χ0v) is 19.6. The number of benzene rings is 2. The van der Waals surface area contributed by atoms with Crippen molar-refractivity contribution in [3.63, 3.8) is 0 Å². The highest BCUT2D eigenvalue weighted by Gasteiger charge is 2.43. The zero-order valence-electron chi connectivity index (χ0n) is 19.6. The standard InChI is InChI=1S/C27H25FN6O2/c28-20-7-5-18(6-8-20)21-9-10-22-24(30-21)25(32-26(29)31-22)33-13-15-34(16-14-33)27(17-35)12-11-19-3-1-2-4-23(19)36-27/h1-10,17H,11-16H2,(H2,29,31,32). The van der Waals surface area contributed by atoms with Crippen molar-refractivity contribution in [2.75, 3.05) is 36.8 Å². The summed E-state index contributed by atoms with van der Waals surface area (Å²) in [4.78, 5) is 30.2. The Bertz CT molecular complexity index is 1440. The number of fused-ring (bicyclic) bond motifs is 2. The molecule has 4 aromatic rings. The van der Waals surface area contributed by atoms with Crippen LogP contribution in [0.1, 0.15) is 12.0 Å². The molecular weight excluding hydrogens is 459 g/mol. The highest BCUT2D eigenvalue weighted by molar-refractivity contribution is 5.88. The molecule has 2 aromatic carbocycles. The number of para-hydroxylation sites is 1. The summed E-state index contributed by atoms with van der Waals surface area (Å²) in [6, 6.07) is 17.8. The first-order chi connectivity index (χ1) is 17.5. The number of aryl methyl sites for hydroxylation is 1. The van der Waals surface area contributed by atoms with Gasteiger partial charge < -0.3 is 15.4 Å². The predicted molar refractivity (Wildman–Crippen MR) is 135 cm³/mol. The molecule has 9 heteroatoms. The normalized spacial score (nSPS) is 20.1. The van der Waals surface area contributed by atoms with Crippen molar-refractivity contribution < 1.29 is 13.9 Å². The molecule has 4 heterocycles. The fourth-order valence-electron chi connectivity index (χ4n) is 5.06. The lowest BCUT2D eigenvalue weighted by Crippen LogP contribution is -2.62. The number of rotatable bonds is 4. The summed E-state index contributed by atoms with van der Waals surface area (Å²) in [6.45, 7) is 2.47. The van der Waals surface area contributed by atoms with E-state index in [1.54, 1.807) is 12.1 Å². The lowest BCUT2D eigenvalue weighted by atomic mass is 9.96. The van der Waals surface area contributed by atoms with Gasteiger partial charge >= 0.3 is 0 Å². The van der Waals surface area contributed by atoms with Crippen LogP contribution in [0.15, 0.2) is 60.7 Å². The number of carbonyl (C=O) groups excluding carboxylic acids is 1. The molecule has 36 heavy (non-hydrogen) atoms. The summed E-state index contributed by atoms with van der Waals surface area (Å²) in [5, 5.41) is 0. The van der Waals surface area contributed by atoms with Gasteiger partial charge in [0, 0.05) is 38.2 Å². The minimum atomic E-state index is -0.971. The Morgan fingerprint density at radius 3 is 2.50 bits per heavy atom. The SMILES string of the molecule is Nc1nc(N2CCN(C3(C=O)CCc4ccccc4O3)CC2)c2nc(-c3ccc(F)cc3)ccc2n1. The Morgan fingerprint density at radius 2 is 1.72 bits per heavy atom. The molecule has 0 aliphatic carbocycles. The highest BCUT2D eigenvalue weighted by atomic mass is 19.1. The number of pyridine rings is 1. The molecule has 2 aromatic heterocycles. The van der Waals surface area contributed by atoms with Crippen molar-refractivity contribution in [3.05, 3.63) is 72.0 Å². The predicted octanol–water partition coefficient (Wildman–Crippen LogP) is 3.46. The number of aromatic nitrogens is 3. The Morgan fingerprint density at radius 1 is 0.944 bits per heavy atom. The van der Waals surface area contributed by atoms with Gasteiger partial charge in [-0.3, -0.25) is 9.69 Å². The fraction of sp³-hybridized carbons (Fsp3) is 0.259. The lowest BCUT2D eigenvalue weighted by Gasteiger charge is -2.46. The molecule has 1 saturated heterocycles. The van der Waals surface area contributed by atoms with Crippen molar-refractivity contribution in [1.29, 1.82) is 0 Å². The van der Waals surface area contributed by atoms with Crippen LogP contribution in [0, 0.1) is 5.82 Å². The zero-order chi connectivity index (χ0) is 24.7. The molecule has 0 amide bonds. The van der Waals surface area contributed by atoms with E-state index in [2.05, 4.69) is 19.8 Å². The molecule has 0 spiro atoms. The molecular formula is C27H25FN6O2. The van der Waals surface area contributed by atoms with E-state index in [4.69, 9.17) is 15.5 Å². The van der Waals surface area contributed by atoms with E-state index in [0.717, 1.165) is 29.6 Å². The Hall–Kier alpha value is -4.11. The molecule has 0 bridgehead atoms. The number of nitrogens with two attached hydrogens (primary N) is 1. The molecule has 6 rings (SSSR count). The van der Waals surface area contributed by atoms with Gasteiger partial charge in [-0.1, -0.05) is 18.2 Å². The van der Waals surface area contributed by atoms with Crippen LogP contribution < -0.4 is 15.4 Å². The van der Waals surface area contributed by atoms with E-state index in [1.165, 1.54) is 12.1 Å². The maximum absolute atomic E-state index is 13.4. The average Bonchev–Trinajstić information content (AvgIpc) is 2.92. The minimum Gasteiger partial charge on any atom is -0.465 e. The summed E-state index contributed by atoms with van der Waals surface area (Å²) in [5.74, 6) is 1.29. The quantitative estimate of drug-likeness (QED) is 0.440. The molecule has 182 valence electrons. The second kappa shape index (κ2) is 8.83. The van der Waals surface area contributed by atoms with Crippen molar-refractivity contribution in [2.24, 2.45) is 0 Å². The van der Waals surface area contributed by atoms with E-state index in [9.17, 15) is 9.18 Å². The van der Waals surface area contributed by atoms with Crippen LogP contribution in [0.3, 0.4) is 0 Å². The lowest BCUT2D eigenvalue weighted by molar-refractivity contribution is -0.145. The summed E-state index contributed by atoms with van der Waals surface area (Å²) in [7, 11) is 0. The van der Waals surface area contributed by atoms with E-state index in [-0.39, 0.29) is 11.8 Å². The van der Waals surface area contributed by atoms with Gasteiger partial charge in [0.2, 0.25) is 11.7 Å². The van der Waals surface area contributed by atoms with Crippen molar-refractivity contribution in [1.82, 2.24) is 19.9 Å². The van der Waals surface area contributed by atoms with Crippen molar-refractivity contribution >= 4 is 29.1 Å². The summed E-state index contributed by atoms with van der Waals surface area (Å²) in [6.07, 6.45) is 2.34. The maximum Gasteiger partial charge on any atom is 0.222 e. The number of ether oxygens (including phenoxy) is 1. The van der Waals surface area contributed by atoms with Gasteiger partial charge in [0.15, 0.2) is 12.1 Å². The molecule has 2 aliphatic rings. The molecule has 1 unspecified atom stereocenters. The number of nitrogen functional groups attached to an aromatic ring is 1. The number of halogens is 1. The first-order valence-electron chi connectivity index (χ1n) is 12.0. The smallest absolute Gasteiger partial charge is 0.222 e. The average molecular weight is 485 g/mol. The molecule has 2 aliphatic heterocycles. The third-order valence-electron chi connectivity index (χ3n) is 6.99. The van der Waals surface area contributed by atoms with Crippen LogP contribution in [-0.4, -0.2) is 58.0 Å². The summed E-state index contributed by atoms with van der Waals surface area (Å²) in [5.41, 5.74) is 8.96. The Kier molecular flexibility index (Phi) is 5.49. The van der Waals surface area contributed by atoms with Gasteiger partial charge in [0.25, 0.3) is 0 Å². The van der Waals surface area contributed by atoms with Gasteiger partial charge in [0.05, 0.1) is 11.2 Å². The van der Waals surface area contributed by atoms with Crippen LogP contribution in [-0.2, 0) is 11.2 Å². The van der Waals surface area contributed by atoms with Gasteiger partial charge in [0.1, 0.15) is 17.1 Å². The second-order valence-electron chi connectivity index (χ2n) is 9.12. The molecule has 2 N–H and O–H groups in total. The van der Waals surface area contributed by atoms with Gasteiger partial charge in [-0.15, -0.1) is 0 Å². The van der Waals surface area contributed by atoms with E-state index < -0.39 is 5.72 Å². The first kappa shape index (κ1) is 22.4. The van der Waals surface area contributed by atoms with Crippen LogP contribution in [0.25, 0.3) is 22.3 Å². The highest BCUT2D eigenvalue weighted by Crippen LogP contribution is 2.35. The van der Waals surface area contributed by atoms with Gasteiger partial charge in [-0.2, -0.15) is 4.98 Å². The van der Waals surface area contributed by atoms with E-state index >= 15 is 0 Å².